The predicted octanol–water partition coefficient (Wildman–Crippen LogP) is 5.75. The molecule has 0 aliphatic heterocycles. The highest BCUT2D eigenvalue weighted by Gasteiger charge is 2.66. The molecule has 0 amide bonds. The molecule has 1 unspecified atom stereocenters. The maximum Gasteiger partial charge on any atom is 0.338 e. The fraction of sp³-hybridized carbons (Fsp3) is 0.600. The zero-order valence-electron chi connectivity index (χ0n) is 21.7. The smallest absolute Gasteiger partial charge is 0.338 e. The second-order valence-electron chi connectivity index (χ2n) is 11.7. The lowest BCUT2D eigenvalue weighted by atomic mass is 9.52. The van der Waals surface area contributed by atoms with E-state index in [0.29, 0.717) is 17.4 Å². The monoisotopic (exact) mass is 478 g/mol. The van der Waals surface area contributed by atoms with Crippen molar-refractivity contribution in [2.45, 2.75) is 71.7 Å². The van der Waals surface area contributed by atoms with Gasteiger partial charge in [-0.1, -0.05) is 48.4 Å². The maximum absolute atomic E-state index is 13.1. The number of carbonyl (C=O) groups is 2. The van der Waals surface area contributed by atoms with Gasteiger partial charge in [-0.15, -0.1) is 0 Å². The Kier molecular flexibility index (Phi) is 5.98. The van der Waals surface area contributed by atoms with Crippen molar-refractivity contribution in [1.82, 2.24) is 0 Å². The first-order valence-electron chi connectivity index (χ1n) is 13.0. The van der Waals surface area contributed by atoms with Crippen molar-refractivity contribution in [1.29, 1.82) is 0 Å². The van der Waals surface area contributed by atoms with Gasteiger partial charge in [0.2, 0.25) is 0 Å². The quantitative estimate of drug-likeness (QED) is 0.398. The predicted molar refractivity (Wildman–Crippen MR) is 134 cm³/mol. The molecular weight excluding hydrogens is 440 g/mol. The lowest BCUT2D eigenvalue weighted by Crippen LogP contribution is -2.57. The second kappa shape index (κ2) is 8.62. The number of allylic oxidation sites excluding steroid dienone is 2. The molecule has 35 heavy (non-hydrogen) atoms. The van der Waals surface area contributed by atoms with E-state index in [2.05, 4.69) is 39.8 Å². The molecule has 5 heteroatoms. The Morgan fingerprint density at radius 1 is 1.09 bits per heavy atom. The van der Waals surface area contributed by atoms with Crippen LogP contribution in [0.15, 0.2) is 53.6 Å². The first-order chi connectivity index (χ1) is 16.6. The van der Waals surface area contributed by atoms with Gasteiger partial charge in [-0.3, -0.25) is 4.79 Å². The Morgan fingerprint density at radius 2 is 1.80 bits per heavy atom. The van der Waals surface area contributed by atoms with E-state index in [-0.39, 0.29) is 52.9 Å². The summed E-state index contributed by atoms with van der Waals surface area (Å²) in [4.78, 5) is 25.6. The molecule has 2 fully saturated rings. The third kappa shape index (κ3) is 3.78. The number of fused-ring (bicyclic) bond motifs is 3. The Balaban J connectivity index is 1.57. The summed E-state index contributed by atoms with van der Waals surface area (Å²) in [5.74, 6) is 0.216. The van der Waals surface area contributed by atoms with E-state index >= 15 is 0 Å². The normalized spacial score (nSPS) is 37.6. The first kappa shape index (κ1) is 24.3. The Bertz CT molecular complexity index is 1070. The molecule has 1 aromatic rings. The Morgan fingerprint density at radius 3 is 2.46 bits per heavy atom. The highest BCUT2D eigenvalue weighted by molar-refractivity contribution is 5.89. The number of benzene rings is 1. The second-order valence-corrected chi connectivity index (χ2v) is 11.7. The summed E-state index contributed by atoms with van der Waals surface area (Å²) in [6.07, 6.45) is 7.03. The molecule has 5 nitrogen and oxygen atoms in total. The van der Waals surface area contributed by atoms with Gasteiger partial charge in [0, 0.05) is 31.3 Å². The van der Waals surface area contributed by atoms with Gasteiger partial charge in [-0.25, -0.2) is 4.79 Å². The van der Waals surface area contributed by atoms with Crippen molar-refractivity contribution in [2.75, 3.05) is 7.11 Å². The van der Waals surface area contributed by atoms with Crippen LogP contribution in [0.5, 0.6) is 0 Å². The first-order valence-corrected chi connectivity index (χ1v) is 13.0. The van der Waals surface area contributed by atoms with Crippen LogP contribution in [0.4, 0.5) is 0 Å². The molecule has 1 spiro atoms. The molecule has 188 valence electrons. The SMILES string of the molecule is COC(C)(C)[C@H]1CC[C@]23C[C@H](C(C)=CC12)C1=C[C@H](C)[C@H](OC(=O)c2ccccc2)[C@@H]1[C@H]3OC(C)=O. The average molecular weight is 479 g/mol. The summed E-state index contributed by atoms with van der Waals surface area (Å²) >= 11 is 0. The van der Waals surface area contributed by atoms with E-state index in [9.17, 15) is 9.59 Å². The minimum atomic E-state index is -0.359. The molecule has 0 saturated heterocycles. The summed E-state index contributed by atoms with van der Waals surface area (Å²) in [5.41, 5.74) is 2.74. The number of hydrogen-bond donors (Lipinski definition) is 0. The van der Waals surface area contributed by atoms with Gasteiger partial charge in [-0.2, -0.15) is 0 Å². The van der Waals surface area contributed by atoms with Crippen LogP contribution in [-0.4, -0.2) is 36.9 Å². The topological polar surface area (TPSA) is 61.8 Å². The average Bonchev–Trinajstić information content (AvgIpc) is 3.35. The summed E-state index contributed by atoms with van der Waals surface area (Å²) in [6, 6.07) is 9.15. The van der Waals surface area contributed by atoms with Crippen LogP contribution in [-0.2, 0) is 19.0 Å². The van der Waals surface area contributed by atoms with Crippen LogP contribution in [0.2, 0.25) is 0 Å². The fourth-order valence-corrected chi connectivity index (χ4v) is 7.79. The van der Waals surface area contributed by atoms with E-state index in [0.717, 1.165) is 19.3 Å². The highest BCUT2D eigenvalue weighted by Crippen LogP contribution is 2.67. The van der Waals surface area contributed by atoms with E-state index < -0.39 is 0 Å². The van der Waals surface area contributed by atoms with E-state index in [4.69, 9.17) is 14.2 Å². The van der Waals surface area contributed by atoms with Gasteiger partial charge in [-0.05, 0) is 64.0 Å². The summed E-state index contributed by atoms with van der Waals surface area (Å²) in [6.45, 7) is 10.2. The van der Waals surface area contributed by atoms with Crippen molar-refractivity contribution in [3.8, 4) is 0 Å². The largest absolute Gasteiger partial charge is 0.461 e. The Hall–Kier alpha value is -2.40. The van der Waals surface area contributed by atoms with E-state index in [1.54, 1.807) is 19.2 Å². The summed E-state index contributed by atoms with van der Waals surface area (Å²) in [7, 11) is 1.79. The van der Waals surface area contributed by atoms with Gasteiger partial charge in [0.1, 0.15) is 12.2 Å². The maximum atomic E-state index is 13.1. The Labute approximate surface area is 208 Å². The zero-order chi connectivity index (χ0) is 25.1. The molecule has 4 aliphatic rings. The van der Waals surface area contributed by atoms with Crippen molar-refractivity contribution < 1.29 is 23.8 Å². The fourth-order valence-electron chi connectivity index (χ4n) is 7.79. The van der Waals surface area contributed by atoms with Crippen LogP contribution in [0, 0.1) is 35.0 Å². The molecule has 0 N–H and O–H groups in total. The van der Waals surface area contributed by atoms with Gasteiger partial charge in [0.15, 0.2) is 0 Å². The molecule has 0 heterocycles. The lowest BCUT2D eigenvalue weighted by Gasteiger charge is -2.56. The molecule has 1 aromatic carbocycles. The molecular formula is C30H38O5. The minimum absolute atomic E-state index is 0.0512. The number of rotatable bonds is 5. The van der Waals surface area contributed by atoms with Crippen molar-refractivity contribution in [3.05, 3.63) is 59.2 Å². The number of carbonyl (C=O) groups excluding carboxylic acids is 2. The van der Waals surface area contributed by atoms with Gasteiger partial charge < -0.3 is 14.2 Å². The van der Waals surface area contributed by atoms with Crippen molar-refractivity contribution >= 4 is 11.9 Å². The highest BCUT2D eigenvalue weighted by atomic mass is 16.6. The lowest BCUT2D eigenvalue weighted by molar-refractivity contribution is -0.172. The molecule has 0 radical (unpaired) electrons. The van der Waals surface area contributed by atoms with Gasteiger partial charge >= 0.3 is 11.9 Å². The molecule has 0 aromatic heterocycles. The summed E-state index contributed by atoms with van der Waals surface area (Å²) < 4.78 is 18.4. The number of hydrogen-bond acceptors (Lipinski definition) is 5. The van der Waals surface area contributed by atoms with Crippen LogP contribution >= 0.6 is 0 Å². The van der Waals surface area contributed by atoms with Gasteiger partial charge in [0.25, 0.3) is 0 Å². The van der Waals surface area contributed by atoms with E-state index in [1.807, 2.05) is 18.2 Å². The molecule has 2 saturated carbocycles. The van der Waals surface area contributed by atoms with Gasteiger partial charge in [0.05, 0.1) is 17.1 Å². The number of ether oxygens (including phenoxy) is 3. The van der Waals surface area contributed by atoms with Crippen LogP contribution in [0.3, 0.4) is 0 Å². The van der Waals surface area contributed by atoms with Crippen molar-refractivity contribution in [2.24, 2.45) is 35.0 Å². The van der Waals surface area contributed by atoms with Crippen LogP contribution in [0.25, 0.3) is 0 Å². The third-order valence-electron chi connectivity index (χ3n) is 9.57. The number of esters is 2. The van der Waals surface area contributed by atoms with Crippen LogP contribution in [0.1, 0.15) is 64.2 Å². The van der Waals surface area contributed by atoms with E-state index in [1.165, 1.54) is 18.1 Å². The number of methoxy groups -OCH3 is 1. The zero-order valence-corrected chi connectivity index (χ0v) is 21.7. The molecule has 2 bridgehead atoms. The molecule has 5 rings (SSSR count). The molecule has 8 atom stereocenters. The van der Waals surface area contributed by atoms with Crippen LogP contribution < -0.4 is 0 Å². The minimum Gasteiger partial charge on any atom is -0.461 e. The van der Waals surface area contributed by atoms with Crippen molar-refractivity contribution in [3.63, 3.8) is 0 Å². The third-order valence-corrected chi connectivity index (χ3v) is 9.57. The summed E-state index contributed by atoms with van der Waals surface area (Å²) in [5, 5.41) is 0. The molecule has 4 aliphatic carbocycles. The standard InChI is InChI=1S/C30H38O5/c1-17-15-24-23(29(4,5)33-6)12-13-30(24)16-22(17)21-14-18(2)26(25(21)27(30)34-19(3)31)35-28(32)20-10-8-7-9-11-20/h7-11,14-15,18,22-27H,12-13,16H2,1-6H3/t18-,22+,23-,24?,25+,26-,27+,30-/m0/s1.